The van der Waals surface area contributed by atoms with E-state index in [1.165, 1.54) is 0 Å². The minimum absolute atomic E-state index is 0.0913. The molecule has 1 N–H and O–H groups in total. The first-order chi connectivity index (χ1) is 9.75. The lowest BCUT2D eigenvalue weighted by Gasteiger charge is -2.02. The van der Waals surface area contributed by atoms with Crippen molar-refractivity contribution in [3.8, 4) is 11.4 Å². The van der Waals surface area contributed by atoms with Crippen LogP contribution in [-0.2, 0) is 11.3 Å². The zero-order valence-electron chi connectivity index (χ0n) is 10.5. The van der Waals surface area contributed by atoms with Crippen LogP contribution in [0.15, 0.2) is 30.6 Å². The first-order valence-electron chi connectivity index (χ1n) is 6.16. The van der Waals surface area contributed by atoms with Crippen LogP contribution in [0.25, 0.3) is 16.9 Å². The maximum absolute atomic E-state index is 10.5. The highest BCUT2D eigenvalue weighted by Crippen LogP contribution is 2.21. The highest BCUT2D eigenvalue weighted by atomic mass is 16.4. The Bertz CT molecular complexity index is 747. The standard InChI is InChI=1S/C12H12N6O2/c19-11(20)5-3-7-18-12(14-15-16-18)9-8-13-17-6-2-1-4-10(9)17/h1-2,4,6,8H,3,5,7H2,(H,19,20). The van der Waals surface area contributed by atoms with Gasteiger partial charge in [0.15, 0.2) is 5.82 Å². The van der Waals surface area contributed by atoms with Gasteiger partial charge >= 0.3 is 5.97 Å². The third kappa shape index (κ3) is 2.22. The van der Waals surface area contributed by atoms with Crippen molar-refractivity contribution in [2.75, 3.05) is 0 Å². The van der Waals surface area contributed by atoms with Gasteiger partial charge in [-0.1, -0.05) is 6.07 Å². The average Bonchev–Trinajstić information content (AvgIpc) is 3.04. The van der Waals surface area contributed by atoms with Crippen LogP contribution in [-0.4, -0.2) is 40.9 Å². The molecule has 0 spiro atoms. The number of rotatable bonds is 5. The van der Waals surface area contributed by atoms with E-state index in [0.717, 1.165) is 11.1 Å². The largest absolute Gasteiger partial charge is 0.481 e. The number of aliphatic carboxylic acids is 1. The Balaban J connectivity index is 1.91. The maximum atomic E-state index is 10.5. The van der Waals surface area contributed by atoms with Crippen LogP contribution in [0.3, 0.4) is 0 Å². The Morgan fingerprint density at radius 1 is 1.35 bits per heavy atom. The van der Waals surface area contributed by atoms with E-state index in [1.54, 1.807) is 15.4 Å². The number of carboxylic acid groups (broad SMARTS) is 1. The predicted molar refractivity (Wildman–Crippen MR) is 68.9 cm³/mol. The second kappa shape index (κ2) is 5.08. The van der Waals surface area contributed by atoms with E-state index < -0.39 is 5.97 Å². The molecular weight excluding hydrogens is 260 g/mol. The van der Waals surface area contributed by atoms with Crippen molar-refractivity contribution in [3.05, 3.63) is 30.6 Å². The second-order valence-corrected chi connectivity index (χ2v) is 4.31. The summed E-state index contributed by atoms with van der Waals surface area (Å²) in [5.41, 5.74) is 1.73. The van der Waals surface area contributed by atoms with Gasteiger partial charge < -0.3 is 5.11 Å². The monoisotopic (exact) mass is 272 g/mol. The van der Waals surface area contributed by atoms with Crippen molar-refractivity contribution >= 4 is 11.5 Å². The zero-order valence-corrected chi connectivity index (χ0v) is 10.5. The van der Waals surface area contributed by atoms with Crippen LogP contribution in [0.5, 0.6) is 0 Å². The zero-order chi connectivity index (χ0) is 13.9. The third-order valence-corrected chi connectivity index (χ3v) is 2.96. The van der Waals surface area contributed by atoms with Crippen molar-refractivity contribution < 1.29 is 9.90 Å². The summed E-state index contributed by atoms with van der Waals surface area (Å²) in [6.45, 7) is 0.457. The molecule has 102 valence electrons. The topological polar surface area (TPSA) is 98.2 Å². The van der Waals surface area contributed by atoms with Crippen LogP contribution in [0.1, 0.15) is 12.8 Å². The quantitative estimate of drug-likeness (QED) is 0.739. The number of hydrogen-bond donors (Lipinski definition) is 1. The number of carbonyl (C=O) groups is 1. The summed E-state index contributed by atoms with van der Waals surface area (Å²) in [7, 11) is 0. The molecule has 0 bridgehead atoms. The highest BCUT2D eigenvalue weighted by molar-refractivity contribution is 5.75. The molecule has 0 aromatic carbocycles. The number of aryl methyl sites for hydroxylation is 1. The molecule has 0 aliphatic rings. The molecule has 0 atom stereocenters. The number of fused-ring (bicyclic) bond motifs is 1. The Labute approximate surface area is 113 Å². The molecule has 8 nitrogen and oxygen atoms in total. The molecule has 0 aliphatic heterocycles. The van der Waals surface area contributed by atoms with Gasteiger partial charge in [-0.25, -0.2) is 9.20 Å². The molecule has 20 heavy (non-hydrogen) atoms. The molecule has 3 heterocycles. The fourth-order valence-electron chi connectivity index (χ4n) is 2.04. The van der Waals surface area contributed by atoms with Crippen molar-refractivity contribution in [2.24, 2.45) is 0 Å². The van der Waals surface area contributed by atoms with Crippen LogP contribution < -0.4 is 0 Å². The van der Waals surface area contributed by atoms with Crippen molar-refractivity contribution in [2.45, 2.75) is 19.4 Å². The molecule has 0 aliphatic carbocycles. The smallest absolute Gasteiger partial charge is 0.303 e. The number of pyridine rings is 1. The van der Waals surface area contributed by atoms with E-state index in [0.29, 0.717) is 18.8 Å². The number of hydrogen-bond acceptors (Lipinski definition) is 5. The van der Waals surface area contributed by atoms with Crippen LogP contribution in [0, 0.1) is 0 Å². The van der Waals surface area contributed by atoms with Gasteiger partial charge in [-0.2, -0.15) is 5.10 Å². The van der Waals surface area contributed by atoms with E-state index in [2.05, 4.69) is 20.6 Å². The van der Waals surface area contributed by atoms with Gasteiger partial charge in [-0.05, 0) is 29.0 Å². The SMILES string of the molecule is O=C(O)CCCn1nnnc1-c1cnn2ccccc12. The molecular formula is C12H12N6O2. The van der Waals surface area contributed by atoms with E-state index >= 15 is 0 Å². The lowest BCUT2D eigenvalue weighted by Crippen LogP contribution is -2.05. The molecule has 8 heteroatoms. The minimum Gasteiger partial charge on any atom is -0.481 e. The lowest BCUT2D eigenvalue weighted by atomic mass is 10.2. The normalized spacial score (nSPS) is 11.0. The second-order valence-electron chi connectivity index (χ2n) is 4.31. The summed E-state index contributed by atoms with van der Waals surface area (Å²) in [5, 5.41) is 24.5. The molecule has 0 amide bonds. The molecule has 0 radical (unpaired) electrons. The lowest BCUT2D eigenvalue weighted by molar-refractivity contribution is -0.137. The fraction of sp³-hybridized carbons (Fsp3) is 0.250. The van der Waals surface area contributed by atoms with Gasteiger partial charge in [0.1, 0.15) is 0 Å². The first kappa shape index (κ1) is 12.3. The van der Waals surface area contributed by atoms with Crippen molar-refractivity contribution in [3.63, 3.8) is 0 Å². The Kier molecular flexibility index (Phi) is 3.12. The number of carboxylic acids is 1. The molecule has 0 fully saturated rings. The third-order valence-electron chi connectivity index (χ3n) is 2.96. The van der Waals surface area contributed by atoms with Crippen molar-refractivity contribution in [1.29, 1.82) is 0 Å². The average molecular weight is 272 g/mol. The summed E-state index contributed by atoms with van der Waals surface area (Å²) >= 11 is 0. The molecule has 3 rings (SSSR count). The predicted octanol–water partition coefficient (Wildman–Crippen LogP) is 0.853. The summed E-state index contributed by atoms with van der Waals surface area (Å²) in [6.07, 6.45) is 4.12. The Morgan fingerprint density at radius 2 is 2.25 bits per heavy atom. The van der Waals surface area contributed by atoms with Gasteiger partial charge in [0.25, 0.3) is 0 Å². The summed E-state index contributed by atoms with van der Waals surface area (Å²) in [4.78, 5) is 10.5. The van der Waals surface area contributed by atoms with Gasteiger partial charge in [0.05, 0.1) is 17.3 Å². The summed E-state index contributed by atoms with van der Waals surface area (Å²) < 4.78 is 3.35. The van der Waals surface area contributed by atoms with Crippen molar-refractivity contribution in [1.82, 2.24) is 29.8 Å². The van der Waals surface area contributed by atoms with E-state index in [9.17, 15) is 4.79 Å². The van der Waals surface area contributed by atoms with E-state index in [-0.39, 0.29) is 6.42 Å². The van der Waals surface area contributed by atoms with Crippen LogP contribution >= 0.6 is 0 Å². The molecule has 0 saturated heterocycles. The molecule has 3 aromatic heterocycles. The summed E-state index contributed by atoms with van der Waals surface area (Å²) in [6, 6.07) is 5.73. The molecule has 0 unspecified atom stereocenters. The van der Waals surface area contributed by atoms with Crippen LogP contribution in [0.2, 0.25) is 0 Å². The first-order valence-corrected chi connectivity index (χ1v) is 6.16. The number of aromatic nitrogens is 6. The van der Waals surface area contributed by atoms with Gasteiger partial charge in [0.2, 0.25) is 0 Å². The van der Waals surface area contributed by atoms with Crippen LogP contribution in [0.4, 0.5) is 0 Å². The Hall–Kier alpha value is -2.77. The minimum atomic E-state index is -0.824. The van der Waals surface area contributed by atoms with Gasteiger partial charge in [-0.15, -0.1) is 5.10 Å². The number of nitrogens with zero attached hydrogens (tertiary/aromatic N) is 6. The highest BCUT2D eigenvalue weighted by Gasteiger charge is 2.14. The molecule has 0 saturated carbocycles. The fourth-order valence-corrected chi connectivity index (χ4v) is 2.04. The Morgan fingerprint density at radius 3 is 3.10 bits per heavy atom. The van der Waals surface area contributed by atoms with E-state index in [1.807, 2.05) is 24.4 Å². The van der Waals surface area contributed by atoms with Gasteiger partial charge in [-0.3, -0.25) is 4.79 Å². The number of tetrazole rings is 1. The van der Waals surface area contributed by atoms with E-state index in [4.69, 9.17) is 5.11 Å². The summed E-state index contributed by atoms with van der Waals surface area (Å²) in [5.74, 6) is -0.229. The maximum Gasteiger partial charge on any atom is 0.303 e. The molecule has 3 aromatic rings. The van der Waals surface area contributed by atoms with Gasteiger partial charge in [0, 0.05) is 19.2 Å².